The highest BCUT2D eigenvalue weighted by atomic mass is 16.5. The minimum absolute atomic E-state index is 0.0184. The van der Waals surface area contributed by atoms with E-state index in [1.54, 1.807) is 18.3 Å². The van der Waals surface area contributed by atoms with Gasteiger partial charge in [-0.2, -0.15) is 0 Å². The smallest absolute Gasteiger partial charge is 0.295 e. The van der Waals surface area contributed by atoms with Gasteiger partial charge in [-0.3, -0.25) is 9.59 Å². The minimum atomic E-state index is -0.787. The molecule has 2 aromatic carbocycles. The lowest BCUT2D eigenvalue weighted by Crippen LogP contribution is -2.33. The molecule has 1 aliphatic heterocycles. The zero-order valence-corrected chi connectivity index (χ0v) is 17.3. The van der Waals surface area contributed by atoms with Gasteiger partial charge in [0.15, 0.2) is 0 Å². The van der Waals surface area contributed by atoms with Crippen molar-refractivity contribution in [2.75, 3.05) is 13.2 Å². The number of Topliss-reactive ketones (excluding diaryl/α,β-unsaturated/α-hetero) is 1. The highest BCUT2D eigenvalue weighted by molar-refractivity contribution is 6.46. The molecule has 7 nitrogen and oxygen atoms in total. The number of carbonyl (C=O) groups is 2. The molecule has 1 aliphatic rings. The van der Waals surface area contributed by atoms with E-state index >= 15 is 0 Å². The Kier molecular flexibility index (Phi) is 5.52. The fourth-order valence-corrected chi connectivity index (χ4v) is 3.91. The van der Waals surface area contributed by atoms with E-state index < -0.39 is 17.7 Å². The van der Waals surface area contributed by atoms with Crippen molar-refractivity contribution in [2.24, 2.45) is 0 Å². The summed E-state index contributed by atoms with van der Waals surface area (Å²) >= 11 is 0. The van der Waals surface area contributed by atoms with Crippen LogP contribution in [0.1, 0.15) is 31.0 Å². The summed E-state index contributed by atoms with van der Waals surface area (Å²) in [5.74, 6) is -1.60. The number of nitrogens with zero attached hydrogens (tertiary/aromatic N) is 1. The number of phenols is 1. The van der Waals surface area contributed by atoms with Crippen LogP contribution in [0.4, 0.5) is 0 Å². The van der Waals surface area contributed by atoms with Gasteiger partial charge in [0.2, 0.25) is 0 Å². The number of para-hydroxylation sites is 1. The third-order valence-corrected chi connectivity index (χ3v) is 5.38. The lowest BCUT2D eigenvalue weighted by atomic mass is 9.95. The van der Waals surface area contributed by atoms with Gasteiger partial charge in [0.05, 0.1) is 24.3 Å². The summed E-state index contributed by atoms with van der Waals surface area (Å²) in [4.78, 5) is 30.4. The SMILES string of the molecule is CC(C)OCCN1C(=O)C(=O)/C(=C(\O)c2c[nH]c3ccccc23)C1c1ccc(O)cc1. The number of rotatable bonds is 6. The number of phenolic OH excluding ortho intramolecular Hbond substituents is 1. The number of aromatic hydroxyl groups is 1. The van der Waals surface area contributed by atoms with Crippen LogP contribution >= 0.6 is 0 Å². The number of hydrogen-bond donors (Lipinski definition) is 3. The van der Waals surface area contributed by atoms with Gasteiger partial charge in [0.25, 0.3) is 11.7 Å². The maximum absolute atomic E-state index is 13.0. The molecule has 3 N–H and O–H groups in total. The number of aliphatic hydroxyl groups excluding tert-OH is 1. The molecule has 1 atom stereocenters. The Labute approximate surface area is 179 Å². The molecule has 1 fully saturated rings. The van der Waals surface area contributed by atoms with E-state index in [2.05, 4.69) is 4.98 Å². The molecule has 1 aromatic heterocycles. The predicted octanol–water partition coefficient (Wildman–Crippen LogP) is 3.72. The maximum Gasteiger partial charge on any atom is 0.295 e. The second-order valence-electron chi connectivity index (χ2n) is 7.75. The molecule has 31 heavy (non-hydrogen) atoms. The van der Waals surface area contributed by atoms with Crippen molar-refractivity contribution >= 4 is 28.4 Å². The number of H-pyrrole nitrogens is 1. The third kappa shape index (κ3) is 3.80. The van der Waals surface area contributed by atoms with Gasteiger partial charge in [-0.05, 0) is 37.6 Å². The second kappa shape index (κ2) is 8.28. The molecule has 2 heterocycles. The van der Waals surface area contributed by atoms with Crippen LogP contribution in [0.3, 0.4) is 0 Å². The van der Waals surface area contributed by atoms with E-state index in [1.165, 1.54) is 17.0 Å². The van der Waals surface area contributed by atoms with Crippen LogP contribution in [-0.4, -0.2) is 51.0 Å². The molecule has 0 spiro atoms. The molecule has 0 bridgehead atoms. The van der Waals surface area contributed by atoms with Crippen LogP contribution in [0, 0.1) is 0 Å². The molecule has 1 unspecified atom stereocenters. The second-order valence-corrected chi connectivity index (χ2v) is 7.75. The van der Waals surface area contributed by atoms with E-state index in [0.29, 0.717) is 11.1 Å². The number of hydrogen-bond acceptors (Lipinski definition) is 5. The molecule has 0 aliphatic carbocycles. The average Bonchev–Trinajstić information content (AvgIpc) is 3.28. The molecule has 1 saturated heterocycles. The van der Waals surface area contributed by atoms with Crippen molar-refractivity contribution in [3.8, 4) is 5.75 Å². The summed E-state index contributed by atoms with van der Waals surface area (Å²) in [6, 6.07) is 12.9. The molecule has 3 aromatic rings. The number of carbonyl (C=O) groups excluding carboxylic acids is 2. The minimum Gasteiger partial charge on any atom is -0.508 e. The van der Waals surface area contributed by atoms with Crippen LogP contribution in [0.15, 0.2) is 60.3 Å². The van der Waals surface area contributed by atoms with E-state index in [1.807, 2.05) is 38.1 Å². The quantitative estimate of drug-likeness (QED) is 0.320. The first-order valence-corrected chi connectivity index (χ1v) is 10.1. The van der Waals surface area contributed by atoms with Gasteiger partial charge in [-0.25, -0.2) is 0 Å². The summed E-state index contributed by atoms with van der Waals surface area (Å²) in [6.07, 6.45) is 1.61. The summed E-state index contributed by atoms with van der Waals surface area (Å²) in [5, 5.41) is 21.6. The van der Waals surface area contributed by atoms with Crippen molar-refractivity contribution in [1.82, 2.24) is 9.88 Å². The summed E-state index contributed by atoms with van der Waals surface area (Å²) in [6.45, 7) is 4.23. The number of aromatic nitrogens is 1. The number of likely N-dealkylation sites (tertiary alicyclic amines) is 1. The lowest BCUT2D eigenvalue weighted by molar-refractivity contribution is -0.140. The van der Waals surface area contributed by atoms with Gasteiger partial charge < -0.3 is 24.8 Å². The van der Waals surface area contributed by atoms with Gasteiger partial charge in [0, 0.05) is 29.2 Å². The normalized spacial score (nSPS) is 18.4. The third-order valence-electron chi connectivity index (χ3n) is 5.38. The fourth-order valence-electron chi connectivity index (χ4n) is 3.91. The Morgan fingerprint density at radius 1 is 1.13 bits per heavy atom. The van der Waals surface area contributed by atoms with E-state index in [9.17, 15) is 19.8 Å². The van der Waals surface area contributed by atoms with Gasteiger partial charge in [-0.15, -0.1) is 0 Å². The number of amides is 1. The summed E-state index contributed by atoms with van der Waals surface area (Å²) in [5.41, 5.74) is 1.90. The zero-order chi connectivity index (χ0) is 22.1. The molecule has 0 radical (unpaired) electrons. The Balaban J connectivity index is 1.83. The average molecular weight is 420 g/mol. The zero-order valence-electron chi connectivity index (χ0n) is 17.3. The van der Waals surface area contributed by atoms with Gasteiger partial charge in [-0.1, -0.05) is 30.3 Å². The number of aromatic amines is 1. The summed E-state index contributed by atoms with van der Waals surface area (Å²) < 4.78 is 5.59. The van der Waals surface area contributed by atoms with E-state index in [-0.39, 0.29) is 36.3 Å². The Morgan fingerprint density at radius 3 is 2.55 bits per heavy atom. The number of nitrogens with one attached hydrogen (secondary N) is 1. The maximum atomic E-state index is 13.0. The first-order chi connectivity index (χ1) is 14.9. The van der Waals surface area contributed by atoms with Crippen LogP contribution in [-0.2, 0) is 14.3 Å². The first-order valence-electron chi connectivity index (χ1n) is 10.1. The number of benzene rings is 2. The van der Waals surface area contributed by atoms with E-state index in [4.69, 9.17) is 4.74 Å². The largest absolute Gasteiger partial charge is 0.508 e. The first kappa shape index (κ1) is 20.7. The lowest BCUT2D eigenvalue weighted by Gasteiger charge is -2.25. The Hall–Kier alpha value is -3.58. The topological polar surface area (TPSA) is 103 Å². The molecular weight excluding hydrogens is 396 g/mol. The molecule has 1 amide bonds. The molecule has 7 heteroatoms. The monoisotopic (exact) mass is 420 g/mol. The Morgan fingerprint density at radius 2 is 1.84 bits per heavy atom. The molecule has 0 saturated carbocycles. The number of ether oxygens (including phenoxy) is 1. The van der Waals surface area contributed by atoms with E-state index in [0.717, 1.165) is 10.9 Å². The van der Waals surface area contributed by atoms with Crippen LogP contribution in [0.5, 0.6) is 5.75 Å². The Bertz CT molecular complexity index is 1160. The molecule has 4 rings (SSSR count). The number of aliphatic hydroxyl groups is 1. The van der Waals surface area contributed by atoms with Crippen molar-refractivity contribution in [3.63, 3.8) is 0 Å². The van der Waals surface area contributed by atoms with Crippen LogP contribution in [0.25, 0.3) is 16.7 Å². The number of fused-ring (bicyclic) bond motifs is 1. The number of ketones is 1. The standard InChI is InChI=1S/C24H24N2O5/c1-14(2)31-12-11-26-21(15-7-9-16(27)10-8-15)20(23(29)24(26)30)22(28)18-13-25-19-6-4-3-5-17(18)19/h3-10,13-14,21,25,27-28H,11-12H2,1-2H3/b22-20-. The van der Waals surface area contributed by atoms with Crippen molar-refractivity contribution in [2.45, 2.75) is 26.0 Å². The van der Waals surface area contributed by atoms with Gasteiger partial charge >= 0.3 is 0 Å². The highest BCUT2D eigenvalue weighted by Gasteiger charge is 2.46. The van der Waals surface area contributed by atoms with Gasteiger partial charge in [0.1, 0.15) is 11.5 Å². The highest BCUT2D eigenvalue weighted by Crippen LogP contribution is 2.40. The molecule has 160 valence electrons. The van der Waals surface area contributed by atoms with Crippen LogP contribution < -0.4 is 0 Å². The van der Waals surface area contributed by atoms with Crippen molar-refractivity contribution in [3.05, 3.63) is 71.4 Å². The fraction of sp³-hybridized carbons (Fsp3) is 0.250. The summed E-state index contributed by atoms with van der Waals surface area (Å²) in [7, 11) is 0. The molecular formula is C24H24N2O5. The van der Waals surface area contributed by atoms with Crippen molar-refractivity contribution < 1.29 is 24.5 Å². The van der Waals surface area contributed by atoms with Crippen molar-refractivity contribution in [1.29, 1.82) is 0 Å². The predicted molar refractivity (Wildman–Crippen MR) is 117 cm³/mol. The van der Waals surface area contributed by atoms with Crippen LogP contribution in [0.2, 0.25) is 0 Å².